The molecule has 0 aliphatic carbocycles. The predicted molar refractivity (Wildman–Crippen MR) is 111 cm³/mol. The van der Waals surface area contributed by atoms with E-state index in [0.29, 0.717) is 24.5 Å². The topological polar surface area (TPSA) is 58.6 Å². The fourth-order valence-corrected chi connectivity index (χ4v) is 3.15. The van der Waals surface area contributed by atoms with Crippen molar-refractivity contribution in [3.63, 3.8) is 0 Å². The Kier molecular flexibility index (Phi) is 8.33. The molecule has 2 aromatic rings. The second-order valence-electron chi connectivity index (χ2n) is 6.53. The van der Waals surface area contributed by atoms with Crippen molar-refractivity contribution in [2.75, 3.05) is 13.7 Å². The SMILES string of the molecule is CCNC(=O)[C@@H](C)N(Cc1ccc(OC)cc1)C(=O)CCc1ccccc1Cl. The van der Waals surface area contributed by atoms with Crippen molar-refractivity contribution in [3.8, 4) is 5.75 Å². The normalized spacial score (nSPS) is 11.6. The van der Waals surface area contributed by atoms with E-state index in [4.69, 9.17) is 16.3 Å². The number of benzene rings is 2. The summed E-state index contributed by atoms with van der Waals surface area (Å²) in [6.45, 7) is 4.48. The first kappa shape index (κ1) is 21.8. The van der Waals surface area contributed by atoms with Crippen molar-refractivity contribution in [2.45, 2.75) is 39.3 Å². The number of aryl methyl sites for hydroxylation is 1. The molecule has 2 amide bonds. The summed E-state index contributed by atoms with van der Waals surface area (Å²) in [5, 5.41) is 3.44. The molecule has 2 rings (SSSR count). The van der Waals surface area contributed by atoms with Gasteiger partial charge in [0.1, 0.15) is 11.8 Å². The molecule has 0 saturated carbocycles. The first-order valence-electron chi connectivity index (χ1n) is 9.39. The maximum Gasteiger partial charge on any atom is 0.242 e. The lowest BCUT2D eigenvalue weighted by atomic mass is 10.1. The van der Waals surface area contributed by atoms with Crippen LogP contribution in [-0.4, -0.2) is 36.4 Å². The van der Waals surface area contributed by atoms with Crippen molar-refractivity contribution in [2.24, 2.45) is 0 Å². The summed E-state index contributed by atoms with van der Waals surface area (Å²) < 4.78 is 5.18. The zero-order chi connectivity index (χ0) is 20.5. The highest BCUT2D eigenvalue weighted by atomic mass is 35.5. The van der Waals surface area contributed by atoms with E-state index in [1.54, 1.807) is 18.9 Å². The van der Waals surface area contributed by atoms with Crippen molar-refractivity contribution in [1.29, 1.82) is 0 Å². The molecule has 6 heteroatoms. The van der Waals surface area contributed by atoms with Crippen LogP contribution in [0.1, 0.15) is 31.4 Å². The molecule has 1 atom stereocenters. The van der Waals surface area contributed by atoms with Gasteiger partial charge in [-0.3, -0.25) is 9.59 Å². The summed E-state index contributed by atoms with van der Waals surface area (Å²) >= 11 is 6.20. The highest BCUT2D eigenvalue weighted by molar-refractivity contribution is 6.31. The second-order valence-corrected chi connectivity index (χ2v) is 6.94. The lowest BCUT2D eigenvalue weighted by Gasteiger charge is -2.29. The average Bonchev–Trinajstić information content (AvgIpc) is 2.71. The molecule has 0 radical (unpaired) electrons. The van der Waals surface area contributed by atoms with Gasteiger partial charge < -0.3 is 15.0 Å². The van der Waals surface area contributed by atoms with Crippen LogP contribution in [0.5, 0.6) is 5.75 Å². The number of hydrogen-bond donors (Lipinski definition) is 1. The lowest BCUT2D eigenvalue weighted by Crippen LogP contribution is -2.47. The molecule has 0 spiro atoms. The van der Waals surface area contributed by atoms with Crippen LogP contribution in [0.2, 0.25) is 5.02 Å². The van der Waals surface area contributed by atoms with Gasteiger partial charge in [-0.1, -0.05) is 41.9 Å². The van der Waals surface area contributed by atoms with Gasteiger partial charge in [-0.15, -0.1) is 0 Å². The highest BCUT2D eigenvalue weighted by Gasteiger charge is 2.25. The lowest BCUT2D eigenvalue weighted by molar-refractivity contribution is -0.140. The molecule has 5 nitrogen and oxygen atoms in total. The third-order valence-corrected chi connectivity index (χ3v) is 4.97. The third kappa shape index (κ3) is 5.99. The quantitative estimate of drug-likeness (QED) is 0.693. The Morgan fingerprint density at radius 1 is 1.14 bits per heavy atom. The number of halogens is 1. The van der Waals surface area contributed by atoms with Gasteiger partial charge in [-0.2, -0.15) is 0 Å². The first-order valence-corrected chi connectivity index (χ1v) is 9.77. The number of methoxy groups -OCH3 is 1. The van der Waals surface area contributed by atoms with Gasteiger partial charge in [-0.25, -0.2) is 0 Å². The van der Waals surface area contributed by atoms with Crippen LogP contribution < -0.4 is 10.1 Å². The Morgan fingerprint density at radius 2 is 1.82 bits per heavy atom. The molecule has 0 unspecified atom stereocenters. The van der Waals surface area contributed by atoms with Gasteiger partial charge in [0.2, 0.25) is 11.8 Å². The van der Waals surface area contributed by atoms with E-state index in [-0.39, 0.29) is 18.2 Å². The molecule has 0 aromatic heterocycles. The third-order valence-electron chi connectivity index (χ3n) is 4.60. The fourth-order valence-electron chi connectivity index (χ4n) is 2.92. The minimum Gasteiger partial charge on any atom is -0.497 e. The number of carbonyl (C=O) groups is 2. The number of carbonyl (C=O) groups excluding carboxylic acids is 2. The van der Waals surface area contributed by atoms with Crippen LogP contribution in [0.3, 0.4) is 0 Å². The summed E-state index contributed by atoms with van der Waals surface area (Å²) in [4.78, 5) is 27.0. The predicted octanol–water partition coefficient (Wildman–Crippen LogP) is 3.83. The summed E-state index contributed by atoms with van der Waals surface area (Å²) in [7, 11) is 1.61. The summed E-state index contributed by atoms with van der Waals surface area (Å²) in [6.07, 6.45) is 0.809. The maximum atomic E-state index is 13.0. The maximum absolute atomic E-state index is 13.0. The van der Waals surface area contributed by atoms with Crippen LogP contribution in [0.25, 0.3) is 0 Å². The smallest absolute Gasteiger partial charge is 0.242 e. The van der Waals surface area contributed by atoms with Gasteiger partial charge in [0.15, 0.2) is 0 Å². The molecule has 28 heavy (non-hydrogen) atoms. The Morgan fingerprint density at radius 3 is 2.43 bits per heavy atom. The van der Waals surface area contributed by atoms with Crippen molar-refractivity contribution < 1.29 is 14.3 Å². The first-order chi connectivity index (χ1) is 13.5. The van der Waals surface area contributed by atoms with Crippen LogP contribution >= 0.6 is 11.6 Å². The minimum absolute atomic E-state index is 0.0884. The molecule has 0 aliphatic heterocycles. The number of likely N-dealkylation sites (N-methyl/N-ethyl adjacent to an activating group) is 1. The van der Waals surface area contributed by atoms with Gasteiger partial charge >= 0.3 is 0 Å². The largest absolute Gasteiger partial charge is 0.497 e. The van der Waals surface area contributed by atoms with E-state index >= 15 is 0 Å². The van der Waals surface area contributed by atoms with E-state index in [0.717, 1.165) is 16.9 Å². The highest BCUT2D eigenvalue weighted by Crippen LogP contribution is 2.19. The molecule has 0 heterocycles. The van der Waals surface area contributed by atoms with Gasteiger partial charge in [0.25, 0.3) is 0 Å². The summed E-state index contributed by atoms with van der Waals surface area (Å²) in [6, 6.07) is 14.4. The fraction of sp³-hybridized carbons (Fsp3) is 0.364. The van der Waals surface area contributed by atoms with Crippen LogP contribution in [0.15, 0.2) is 48.5 Å². The number of ether oxygens (including phenoxy) is 1. The number of nitrogens with zero attached hydrogens (tertiary/aromatic N) is 1. The van der Waals surface area contributed by atoms with Crippen LogP contribution in [0, 0.1) is 0 Å². The van der Waals surface area contributed by atoms with E-state index in [1.165, 1.54) is 0 Å². The van der Waals surface area contributed by atoms with E-state index in [9.17, 15) is 9.59 Å². The molecule has 0 saturated heterocycles. The standard InChI is InChI=1S/C22H27ClN2O3/c1-4-24-22(27)16(2)25(15-17-9-12-19(28-3)13-10-17)21(26)14-11-18-7-5-6-8-20(18)23/h5-10,12-13,16H,4,11,14-15H2,1-3H3,(H,24,27)/t16-/m1/s1. The molecular weight excluding hydrogens is 376 g/mol. The summed E-state index contributed by atoms with van der Waals surface area (Å²) in [5.41, 5.74) is 1.86. The van der Waals surface area contributed by atoms with Crippen LogP contribution in [0.4, 0.5) is 0 Å². The number of rotatable bonds is 9. The zero-order valence-electron chi connectivity index (χ0n) is 16.6. The number of nitrogens with one attached hydrogen (secondary N) is 1. The Hall–Kier alpha value is -2.53. The Labute approximate surface area is 171 Å². The Balaban J connectivity index is 2.14. The van der Waals surface area contributed by atoms with Gasteiger partial charge in [0, 0.05) is 24.5 Å². The van der Waals surface area contributed by atoms with Crippen molar-refractivity contribution in [3.05, 3.63) is 64.7 Å². The van der Waals surface area contributed by atoms with Gasteiger partial charge in [0.05, 0.1) is 7.11 Å². The molecule has 0 aliphatic rings. The molecular formula is C22H27ClN2O3. The second kappa shape index (κ2) is 10.7. The van der Waals surface area contributed by atoms with Crippen molar-refractivity contribution in [1.82, 2.24) is 10.2 Å². The average molecular weight is 403 g/mol. The molecule has 2 aromatic carbocycles. The van der Waals surface area contributed by atoms with E-state index < -0.39 is 6.04 Å². The van der Waals surface area contributed by atoms with Crippen LogP contribution in [-0.2, 0) is 22.6 Å². The van der Waals surface area contributed by atoms with E-state index in [2.05, 4.69) is 5.32 Å². The molecule has 1 N–H and O–H groups in total. The Bertz CT molecular complexity index is 793. The van der Waals surface area contributed by atoms with Crippen molar-refractivity contribution >= 4 is 23.4 Å². The summed E-state index contributed by atoms with van der Waals surface area (Å²) in [5.74, 6) is 0.494. The van der Waals surface area contributed by atoms with E-state index in [1.807, 2.05) is 55.5 Å². The number of hydrogen-bond acceptors (Lipinski definition) is 3. The number of amides is 2. The minimum atomic E-state index is -0.569. The zero-order valence-corrected chi connectivity index (χ0v) is 17.3. The van der Waals surface area contributed by atoms with Gasteiger partial charge in [-0.05, 0) is 49.6 Å². The molecule has 150 valence electrons. The molecule has 0 fully saturated rings. The monoisotopic (exact) mass is 402 g/mol. The molecule has 0 bridgehead atoms.